The molecule has 1 fully saturated rings. The highest BCUT2D eigenvalue weighted by Gasteiger charge is 2.50. The smallest absolute Gasteiger partial charge is 0.362 e. The zero-order chi connectivity index (χ0) is 20.9. The molecule has 0 aromatic carbocycles. The predicted molar refractivity (Wildman–Crippen MR) is 101 cm³/mol. The second kappa shape index (κ2) is 8.95. The minimum absolute atomic E-state index is 0.173. The first kappa shape index (κ1) is 22.2. The van der Waals surface area contributed by atoms with Crippen LogP contribution in [0.3, 0.4) is 0 Å². The number of sulfonamides is 1. The van der Waals surface area contributed by atoms with E-state index in [1.165, 1.54) is 0 Å². The van der Waals surface area contributed by atoms with Crippen LogP contribution < -0.4 is 15.5 Å². The van der Waals surface area contributed by atoms with Gasteiger partial charge >= 0.3 is 15.5 Å². The molecule has 0 amide bonds. The summed E-state index contributed by atoms with van der Waals surface area (Å²) in [6.45, 7) is 0.0795. The summed E-state index contributed by atoms with van der Waals surface area (Å²) in [6.07, 6.45) is 2.21. The number of pyridine rings is 1. The fraction of sp³-hybridized carbons (Fsp3) is 0.625. The van der Waals surface area contributed by atoms with Crippen LogP contribution in [-0.4, -0.2) is 69.4 Å². The van der Waals surface area contributed by atoms with Crippen LogP contribution in [-0.2, 0) is 16.6 Å². The first-order valence-electron chi connectivity index (χ1n) is 8.71. The van der Waals surface area contributed by atoms with Crippen molar-refractivity contribution < 1.29 is 21.6 Å². The third kappa shape index (κ3) is 5.25. The molecule has 158 valence electrons. The number of guanidine groups is 1. The van der Waals surface area contributed by atoms with Crippen molar-refractivity contribution in [1.29, 1.82) is 0 Å². The number of anilines is 1. The van der Waals surface area contributed by atoms with E-state index in [9.17, 15) is 21.6 Å². The highest BCUT2D eigenvalue weighted by molar-refractivity contribution is 7.90. The Kier molecular flexibility index (Phi) is 7.10. The maximum atomic E-state index is 12.6. The van der Waals surface area contributed by atoms with E-state index in [0.717, 1.165) is 11.4 Å². The van der Waals surface area contributed by atoms with Gasteiger partial charge in [0.25, 0.3) is 0 Å². The summed E-state index contributed by atoms with van der Waals surface area (Å²) >= 11 is 0. The predicted octanol–water partition coefficient (Wildman–Crippen LogP) is 1.13. The molecule has 0 spiro atoms. The van der Waals surface area contributed by atoms with Crippen molar-refractivity contribution in [2.45, 2.75) is 30.9 Å². The summed E-state index contributed by atoms with van der Waals surface area (Å²) in [5, 5.41) is 6.29. The Labute approximate surface area is 162 Å². The van der Waals surface area contributed by atoms with Crippen LogP contribution in [0.15, 0.2) is 23.3 Å². The van der Waals surface area contributed by atoms with Crippen LogP contribution in [0.2, 0.25) is 0 Å². The van der Waals surface area contributed by atoms with E-state index in [2.05, 4.69) is 20.6 Å². The Morgan fingerprint density at radius 2 is 2.00 bits per heavy atom. The van der Waals surface area contributed by atoms with Gasteiger partial charge in [-0.05, 0) is 18.9 Å². The summed E-state index contributed by atoms with van der Waals surface area (Å²) < 4.78 is 61.4. The normalized spacial score (nSPS) is 17.4. The van der Waals surface area contributed by atoms with E-state index >= 15 is 0 Å². The van der Waals surface area contributed by atoms with Crippen LogP contribution in [0.5, 0.6) is 0 Å². The summed E-state index contributed by atoms with van der Waals surface area (Å²) in [7, 11) is 0.105. The highest BCUT2D eigenvalue weighted by Crippen LogP contribution is 2.28. The number of hydrogen-bond acceptors (Lipinski definition) is 5. The van der Waals surface area contributed by atoms with Gasteiger partial charge in [-0.15, -0.1) is 0 Å². The molecule has 1 aromatic rings. The number of aliphatic imine (C=N–C) groups is 1. The molecule has 0 atom stereocenters. The lowest BCUT2D eigenvalue weighted by Gasteiger charge is -2.32. The van der Waals surface area contributed by atoms with Gasteiger partial charge < -0.3 is 15.5 Å². The van der Waals surface area contributed by atoms with Gasteiger partial charge in [-0.3, -0.25) is 4.99 Å². The van der Waals surface area contributed by atoms with Gasteiger partial charge in [0, 0.05) is 58.6 Å². The van der Waals surface area contributed by atoms with Crippen molar-refractivity contribution in [1.82, 2.24) is 19.9 Å². The molecule has 2 rings (SSSR count). The minimum atomic E-state index is -5.27. The fourth-order valence-electron chi connectivity index (χ4n) is 2.92. The van der Waals surface area contributed by atoms with Gasteiger partial charge in [0.1, 0.15) is 5.82 Å². The molecular weight excluding hydrogens is 397 g/mol. The maximum absolute atomic E-state index is 12.6. The van der Waals surface area contributed by atoms with Gasteiger partial charge in [-0.1, -0.05) is 6.07 Å². The number of piperidine rings is 1. The largest absolute Gasteiger partial charge is 0.511 e. The Bertz CT molecular complexity index is 790. The molecule has 0 aliphatic carbocycles. The summed E-state index contributed by atoms with van der Waals surface area (Å²) in [4.78, 5) is 10.3. The van der Waals surface area contributed by atoms with E-state index in [1.54, 1.807) is 13.2 Å². The fourth-order valence-corrected chi connectivity index (χ4v) is 3.91. The second-order valence-electron chi connectivity index (χ2n) is 6.57. The molecule has 1 aromatic heterocycles. The van der Waals surface area contributed by atoms with E-state index in [4.69, 9.17) is 0 Å². The van der Waals surface area contributed by atoms with Gasteiger partial charge in [-0.25, -0.2) is 13.4 Å². The number of alkyl halides is 3. The van der Waals surface area contributed by atoms with Gasteiger partial charge in [0.05, 0.1) is 0 Å². The first-order valence-corrected chi connectivity index (χ1v) is 10.1. The number of hydrogen-bond donors (Lipinski definition) is 2. The molecule has 8 nitrogen and oxygen atoms in total. The minimum Gasteiger partial charge on any atom is -0.362 e. The van der Waals surface area contributed by atoms with Crippen LogP contribution in [0.1, 0.15) is 18.4 Å². The van der Waals surface area contributed by atoms with E-state index in [1.807, 2.05) is 31.1 Å². The monoisotopic (exact) mass is 422 g/mol. The third-order valence-electron chi connectivity index (χ3n) is 4.39. The third-order valence-corrected chi connectivity index (χ3v) is 6.02. The Morgan fingerprint density at radius 1 is 1.36 bits per heavy atom. The molecule has 2 N–H and O–H groups in total. The lowest BCUT2D eigenvalue weighted by Crippen LogP contribution is -2.51. The SMILES string of the molecule is CN=C(NCc1cccnc1N(C)C)NC1CCN(S(=O)(=O)C(F)(F)F)CC1. The zero-order valence-corrected chi connectivity index (χ0v) is 16.8. The number of rotatable bonds is 5. The van der Waals surface area contributed by atoms with E-state index < -0.39 is 15.5 Å². The molecule has 1 aliphatic heterocycles. The molecule has 28 heavy (non-hydrogen) atoms. The second-order valence-corrected chi connectivity index (χ2v) is 8.50. The standard InChI is InChI=1S/C16H25F3N6O2S/c1-20-15(22-11-12-5-4-8-21-14(12)24(2)3)23-13-6-9-25(10-7-13)28(26,27)16(17,18)19/h4-5,8,13H,6-7,9-11H2,1-3H3,(H2,20,22,23). The van der Waals surface area contributed by atoms with E-state index in [0.29, 0.717) is 16.8 Å². The quantitative estimate of drug-likeness (QED) is 0.546. The Morgan fingerprint density at radius 3 is 2.54 bits per heavy atom. The number of nitrogens with zero attached hydrogens (tertiary/aromatic N) is 4. The average Bonchev–Trinajstić information content (AvgIpc) is 2.64. The van der Waals surface area contributed by atoms with Crippen molar-refractivity contribution in [3.63, 3.8) is 0 Å². The Hall–Kier alpha value is -2.08. The molecule has 1 aliphatic rings. The van der Waals surface area contributed by atoms with Gasteiger partial charge in [0.2, 0.25) is 0 Å². The zero-order valence-electron chi connectivity index (χ0n) is 16.0. The lowest BCUT2D eigenvalue weighted by atomic mass is 10.1. The molecule has 12 heteroatoms. The van der Waals surface area contributed by atoms with E-state index in [-0.39, 0.29) is 32.0 Å². The van der Waals surface area contributed by atoms with Crippen LogP contribution >= 0.6 is 0 Å². The van der Waals surface area contributed by atoms with Crippen molar-refractivity contribution >= 4 is 21.8 Å². The Balaban J connectivity index is 1.90. The van der Waals surface area contributed by atoms with Gasteiger partial charge in [0.15, 0.2) is 5.96 Å². The first-order chi connectivity index (χ1) is 13.1. The number of nitrogens with one attached hydrogen (secondary N) is 2. The van der Waals surface area contributed by atoms with Crippen molar-refractivity contribution in [2.24, 2.45) is 4.99 Å². The maximum Gasteiger partial charge on any atom is 0.511 e. The van der Waals surface area contributed by atoms with Crippen LogP contribution in [0.25, 0.3) is 0 Å². The van der Waals surface area contributed by atoms with Crippen LogP contribution in [0.4, 0.5) is 19.0 Å². The summed E-state index contributed by atoms with van der Waals surface area (Å²) in [5.74, 6) is 1.31. The summed E-state index contributed by atoms with van der Waals surface area (Å²) in [6, 6.07) is 3.59. The molecule has 2 heterocycles. The van der Waals surface area contributed by atoms with Gasteiger partial charge in [-0.2, -0.15) is 17.5 Å². The highest BCUT2D eigenvalue weighted by atomic mass is 32.2. The number of aromatic nitrogens is 1. The molecule has 1 saturated heterocycles. The average molecular weight is 422 g/mol. The number of halogens is 3. The topological polar surface area (TPSA) is 89.9 Å². The lowest BCUT2D eigenvalue weighted by molar-refractivity contribution is -0.0494. The molecule has 0 bridgehead atoms. The van der Waals surface area contributed by atoms with Crippen LogP contribution in [0, 0.1) is 0 Å². The van der Waals surface area contributed by atoms with Crippen molar-refractivity contribution in [3.05, 3.63) is 23.9 Å². The molecular formula is C16H25F3N6O2S. The molecule has 0 unspecified atom stereocenters. The summed E-state index contributed by atoms with van der Waals surface area (Å²) in [5.41, 5.74) is -4.31. The molecule has 0 saturated carbocycles. The molecule has 0 radical (unpaired) electrons. The van der Waals surface area contributed by atoms with Crippen molar-refractivity contribution in [3.8, 4) is 0 Å². The van der Waals surface area contributed by atoms with Crippen molar-refractivity contribution in [2.75, 3.05) is 39.1 Å².